The van der Waals surface area contributed by atoms with Gasteiger partial charge in [-0.05, 0) is 12.5 Å². The van der Waals surface area contributed by atoms with Crippen LogP contribution >= 0.6 is 0 Å². The molecule has 0 radical (unpaired) electrons. The third-order valence-corrected chi connectivity index (χ3v) is 2.60. The van der Waals surface area contributed by atoms with Crippen molar-refractivity contribution in [2.24, 2.45) is 5.11 Å². The van der Waals surface area contributed by atoms with E-state index in [-0.39, 0.29) is 12.1 Å². The highest BCUT2D eigenvalue weighted by Gasteiger charge is 2.29. The van der Waals surface area contributed by atoms with Crippen molar-refractivity contribution < 1.29 is 31.9 Å². The van der Waals surface area contributed by atoms with Gasteiger partial charge in [0.15, 0.2) is 23.3 Å². The predicted octanol–water partition coefficient (Wildman–Crippen LogP) is 3.03. The summed E-state index contributed by atoms with van der Waals surface area (Å²) in [6.45, 7) is 4.03. The van der Waals surface area contributed by atoms with Crippen molar-refractivity contribution in [3.05, 3.63) is 51.4 Å². The van der Waals surface area contributed by atoms with Crippen molar-refractivity contribution >= 4 is 17.6 Å². The second-order valence-electron chi connectivity index (χ2n) is 4.34. The first-order valence-corrected chi connectivity index (χ1v) is 6.24. The van der Waals surface area contributed by atoms with E-state index in [1.54, 1.807) is 0 Å². The van der Waals surface area contributed by atoms with Crippen LogP contribution in [0.25, 0.3) is 10.4 Å². The van der Waals surface area contributed by atoms with Crippen molar-refractivity contribution in [3.63, 3.8) is 0 Å². The Morgan fingerprint density at radius 2 is 1.75 bits per heavy atom. The number of nitrogens with one attached hydrogen (secondary N) is 1. The molecule has 1 N–H and O–H groups in total. The monoisotopic (exact) mass is 346 g/mol. The Morgan fingerprint density at radius 3 is 2.21 bits per heavy atom. The van der Waals surface area contributed by atoms with E-state index in [0.29, 0.717) is 0 Å². The molecule has 0 heterocycles. The van der Waals surface area contributed by atoms with E-state index in [9.17, 15) is 27.2 Å². The summed E-state index contributed by atoms with van der Waals surface area (Å²) in [5.41, 5.74) is 5.12. The molecule has 1 rings (SSSR count). The maximum absolute atomic E-state index is 13.7. The highest BCUT2D eigenvalue weighted by atomic mass is 19.2. The SMILES string of the molecule is C=C(C)C(=O)NCCOC(=O)c1c(F)c(F)c(N=[N+]=[N-])c(F)c1F. The second-order valence-corrected chi connectivity index (χ2v) is 4.34. The Hall–Kier alpha value is -3.07. The fourth-order valence-corrected chi connectivity index (χ4v) is 1.46. The van der Waals surface area contributed by atoms with Crippen molar-refractivity contribution in [1.82, 2.24) is 5.32 Å². The molecule has 0 bridgehead atoms. The molecule has 11 heteroatoms. The van der Waals surface area contributed by atoms with Gasteiger partial charge >= 0.3 is 5.97 Å². The maximum atomic E-state index is 13.7. The summed E-state index contributed by atoms with van der Waals surface area (Å²) in [6.07, 6.45) is 0. The van der Waals surface area contributed by atoms with Crippen LogP contribution in [0.1, 0.15) is 17.3 Å². The summed E-state index contributed by atoms with van der Waals surface area (Å²) < 4.78 is 58.8. The Morgan fingerprint density at radius 1 is 1.21 bits per heavy atom. The fraction of sp³-hybridized carbons (Fsp3) is 0.231. The van der Waals surface area contributed by atoms with Crippen molar-refractivity contribution in [1.29, 1.82) is 0 Å². The number of carbonyl (C=O) groups excluding carboxylic acids is 2. The molecule has 0 saturated carbocycles. The van der Waals surface area contributed by atoms with Gasteiger partial charge in [-0.1, -0.05) is 11.7 Å². The van der Waals surface area contributed by atoms with Gasteiger partial charge in [0.25, 0.3) is 0 Å². The van der Waals surface area contributed by atoms with Gasteiger partial charge in [0.05, 0.1) is 6.54 Å². The van der Waals surface area contributed by atoms with Crippen LogP contribution in [0.4, 0.5) is 23.2 Å². The molecule has 0 aliphatic heterocycles. The highest BCUT2D eigenvalue weighted by Crippen LogP contribution is 2.30. The average molecular weight is 346 g/mol. The lowest BCUT2D eigenvalue weighted by molar-refractivity contribution is -0.117. The maximum Gasteiger partial charge on any atom is 0.344 e. The van der Waals surface area contributed by atoms with Crippen LogP contribution in [0, 0.1) is 23.3 Å². The quantitative estimate of drug-likeness (QED) is 0.125. The zero-order valence-corrected chi connectivity index (χ0v) is 12.2. The minimum absolute atomic E-state index is 0.177. The lowest BCUT2D eigenvalue weighted by Gasteiger charge is -2.10. The van der Waals surface area contributed by atoms with Gasteiger partial charge in [0.1, 0.15) is 17.9 Å². The Balaban J connectivity index is 2.94. The van der Waals surface area contributed by atoms with Gasteiger partial charge in [-0.15, -0.1) is 0 Å². The van der Waals surface area contributed by atoms with E-state index in [1.165, 1.54) is 6.92 Å². The number of hydrogen-bond acceptors (Lipinski definition) is 4. The number of rotatable bonds is 6. The van der Waals surface area contributed by atoms with Crippen LogP contribution in [0.5, 0.6) is 0 Å². The third kappa shape index (κ3) is 4.02. The molecular weight excluding hydrogens is 336 g/mol. The molecule has 7 nitrogen and oxygen atoms in total. The van der Waals surface area contributed by atoms with Crippen LogP contribution < -0.4 is 5.32 Å². The van der Waals surface area contributed by atoms with Gasteiger partial charge in [-0.25, -0.2) is 22.4 Å². The third-order valence-electron chi connectivity index (χ3n) is 2.60. The zero-order chi connectivity index (χ0) is 18.4. The van der Waals surface area contributed by atoms with E-state index in [1.807, 2.05) is 4.91 Å². The number of amides is 1. The molecule has 0 atom stereocenters. The lowest BCUT2D eigenvalue weighted by Crippen LogP contribution is -2.28. The first-order valence-electron chi connectivity index (χ1n) is 6.24. The molecule has 1 aromatic carbocycles. The summed E-state index contributed by atoms with van der Waals surface area (Å²) in [5.74, 6) is -10.4. The number of hydrogen-bond donors (Lipinski definition) is 1. The summed E-state index contributed by atoms with van der Waals surface area (Å²) >= 11 is 0. The summed E-state index contributed by atoms with van der Waals surface area (Å²) in [7, 11) is 0. The first kappa shape index (κ1) is 19.0. The molecule has 0 aliphatic rings. The van der Waals surface area contributed by atoms with Gasteiger partial charge in [0, 0.05) is 10.5 Å². The van der Waals surface area contributed by atoms with Crippen LogP contribution in [0.15, 0.2) is 17.3 Å². The number of ether oxygens (including phenoxy) is 1. The summed E-state index contributed by atoms with van der Waals surface area (Å²) in [5, 5.41) is 4.74. The number of benzene rings is 1. The molecule has 24 heavy (non-hydrogen) atoms. The minimum atomic E-state index is -2.06. The summed E-state index contributed by atoms with van der Waals surface area (Å²) in [4.78, 5) is 24.7. The molecule has 0 fully saturated rings. The van der Waals surface area contributed by atoms with Crippen molar-refractivity contribution in [2.75, 3.05) is 13.2 Å². The Kier molecular flexibility index (Phi) is 6.30. The van der Waals surface area contributed by atoms with E-state index in [2.05, 4.69) is 21.7 Å². The smallest absolute Gasteiger partial charge is 0.344 e. The van der Waals surface area contributed by atoms with E-state index >= 15 is 0 Å². The number of carbonyl (C=O) groups is 2. The molecule has 0 unspecified atom stereocenters. The van der Waals surface area contributed by atoms with Gasteiger partial charge in [0.2, 0.25) is 5.91 Å². The number of esters is 1. The molecule has 0 spiro atoms. The average Bonchev–Trinajstić information content (AvgIpc) is 2.53. The normalized spacial score (nSPS) is 9.88. The van der Waals surface area contributed by atoms with E-state index in [0.717, 1.165) is 0 Å². The van der Waals surface area contributed by atoms with Crippen molar-refractivity contribution in [2.45, 2.75) is 6.92 Å². The second kappa shape index (κ2) is 7.97. The molecule has 0 saturated heterocycles. The van der Waals surface area contributed by atoms with Crippen LogP contribution in [0.3, 0.4) is 0 Å². The number of azide groups is 1. The molecule has 0 aliphatic carbocycles. The first-order chi connectivity index (χ1) is 11.2. The van der Waals surface area contributed by atoms with Crippen LogP contribution in [-0.4, -0.2) is 25.0 Å². The van der Waals surface area contributed by atoms with E-state index < -0.39 is 53.0 Å². The van der Waals surface area contributed by atoms with E-state index in [4.69, 9.17) is 5.53 Å². The molecule has 0 aromatic heterocycles. The Labute approximate surface area is 132 Å². The number of halogens is 4. The van der Waals surface area contributed by atoms with Gasteiger partial charge in [-0.3, -0.25) is 4.79 Å². The molecule has 1 amide bonds. The lowest BCUT2D eigenvalue weighted by atomic mass is 10.1. The summed E-state index contributed by atoms with van der Waals surface area (Å²) in [6, 6.07) is 0. The minimum Gasteiger partial charge on any atom is -0.460 e. The van der Waals surface area contributed by atoms with Gasteiger partial charge in [-0.2, -0.15) is 0 Å². The fourth-order valence-electron chi connectivity index (χ4n) is 1.46. The van der Waals surface area contributed by atoms with Gasteiger partial charge < -0.3 is 10.1 Å². The number of nitrogens with zero attached hydrogens (tertiary/aromatic N) is 3. The molecular formula is C13H10F4N4O3. The standard InChI is InChI=1S/C13H10F4N4O3/c1-5(2)12(22)19-3-4-24-13(23)6-7(14)9(16)11(20-21-18)10(17)8(6)15/h1,3-4H2,2H3,(H,19,22). The van der Waals surface area contributed by atoms with Crippen LogP contribution in [0.2, 0.25) is 0 Å². The van der Waals surface area contributed by atoms with Crippen molar-refractivity contribution in [3.8, 4) is 0 Å². The largest absolute Gasteiger partial charge is 0.460 e. The molecule has 128 valence electrons. The predicted molar refractivity (Wildman–Crippen MR) is 73.2 cm³/mol. The molecule has 1 aromatic rings. The zero-order valence-electron chi connectivity index (χ0n) is 12.2. The topological polar surface area (TPSA) is 104 Å². The van der Waals surface area contributed by atoms with Crippen LogP contribution in [-0.2, 0) is 9.53 Å². The highest BCUT2D eigenvalue weighted by molar-refractivity contribution is 5.92. The Bertz CT molecular complexity index is 731.